The number of aryl methyl sites for hydroxylation is 2. The highest BCUT2D eigenvalue weighted by Crippen LogP contribution is 2.19. The molecule has 1 atom stereocenters. The van der Waals surface area contributed by atoms with Gasteiger partial charge in [0.05, 0.1) is 22.5 Å². The number of benzene rings is 1. The monoisotopic (exact) mass is 349 g/mol. The van der Waals surface area contributed by atoms with E-state index in [4.69, 9.17) is 4.99 Å². The van der Waals surface area contributed by atoms with Crippen molar-refractivity contribution in [3.8, 4) is 0 Å². The molecule has 0 N–H and O–H groups in total. The molecule has 2 heterocycles. The minimum atomic E-state index is -2.87. The van der Waals surface area contributed by atoms with Crippen molar-refractivity contribution in [2.75, 3.05) is 18.1 Å². The van der Waals surface area contributed by atoms with Crippen LogP contribution in [0.1, 0.15) is 33.1 Å². The fraction of sp³-hybridized carbons (Fsp3) is 0.611. The average Bonchev–Trinajstić information content (AvgIpc) is 2.86. The number of rotatable bonds is 5. The molecule has 132 valence electrons. The van der Waals surface area contributed by atoms with Crippen molar-refractivity contribution < 1.29 is 8.42 Å². The SMILES string of the molecule is CCCn1c(=NC[C@H]2CCCS(=O)(=O)C2)n(CC)c2ccccc21. The molecule has 1 saturated heterocycles. The highest BCUT2D eigenvalue weighted by atomic mass is 32.2. The number of nitrogens with zero attached hydrogens (tertiary/aromatic N) is 3. The van der Waals surface area contributed by atoms with Crippen LogP contribution in [0, 0.1) is 5.92 Å². The number of sulfone groups is 1. The van der Waals surface area contributed by atoms with Gasteiger partial charge in [-0.3, -0.25) is 4.99 Å². The Morgan fingerprint density at radius 3 is 2.50 bits per heavy atom. The fourth-order valence-electron chi connectivity index (χ4n) is 3.68. The minimum Gasteiger partial charge on any atom is -0.310 e. The second-order valence-corrected chi connectivity index (χ2v) is 8.88. The third kappa shape index (κ3) is 3.43. The van der Waals surface area contributed by atoms with Crippen LogP contribution in [0.15, 0.2) is 29.3 Å². The van der Waals surface area contributed by atoms with E-state index >= 15 is 0 Å². The quantitative estimate of drug-likeness (QED) is 0.833. The molecule has 1 fully saturated rings. The normalized spacial score (nSPS) is 21.4. The molecular formula is C18H27N3O2S. The van der Waals surface area contributed by atoms with Crippen molar-refractivity contribution in [1.82, 2.24) is 9.13 Å². The summed E-state index contributed by atoms with van der Waals surface area (Å²) >= 11 is 0. The van der Waals surface area contributed by atoms with E-state index in [2.05, 4.69) is 47.2 Å². The summed E-state index contributed by atoms with van der Waals surface area (Å²) in [6.07, 6.45) is 2.78. The van der Waals surface area contributed by atoms with Crippen molar-refractivity contribution in [2.24, 2.45) is 10.9 Å². The van der Waals surface area contributed by atoms with Gasteiger partial charge in [-0.15, -0.1) is 0 Å². The van der Waals surface area contributed by atoms with E-state index in [-0.39, 0.29) is 11.7 Å². The summed E-state index contributed by atoms with van der Waals surface area (Å²) in [6.45, 7) is 6.68. The smallest absolute Gasteiger partial charge is 0.205 e. The van der Waals surface area contributed by atoms with Gasteiger partial charge in [-0.25, -0.2) is 8.42 Å². The van der Waals surface area contributed by atoms with Gasteiger partial charge in [0.2, 0.25) is 5.62 Å². The lowest BCUT2D eigenvalue weighted by atomic mass is 10.1. The van der Waals surface area contributed by atoms with Crippen LogP contribution >= 0.6 is 0 Å². The van der Waals surface area contributed by atoms with E-state index < -0.39 is 9.84 Å². The molecule has 1 aromatic heterocycles. The maximum atomic E-state index is 11.9. The standard InChI is InChI=1S/C18H27N3O2S/c1-3-11-21-17-10-6-5-9-16(17)20(4-2)18(21)19-13-15-8-7-12-24(22,23)14-15/h5-6,9-10,15H,3-4,7-8,11-14H2,1-2H3/t15-/m1/s1. The van der Waals surface area contributed by atoms with Gasteiger partial charge in [0.1, 0.15) is 0 Å². The van der Waals surface area contributed by atoms with Gasteiger partial charge in [0.25, 0.3) is 0 Å². The number of hydrogen-bond donors (Lipinski definition) is 0. The molecule has 3 rings (SSSR count). The van der Waals surface area contributed by atoms with Crippen LogP contribution < -0.4 is 5.62 Å². The summed E-state index contributed by atoms with van der Waals surface area (Å²) < 4.78 is 28.2. The summed E-state index contributed by atoms with van der Waals surface area (Å²) in [4.78, 5) is 4.88. The molecule has 5 nitrogen and oxygen atoms in total. The first-order chi connectivity index (χ1) is 11.6. The second kappa shape index (κ2) is 7.13. The molecule has 0 amide bonds. The molecule has 0 bridgehead atoms. The zero-order chi connectivity index (χ0) is 17.2. The van der Waals surface area contributed by atoms with Gasteiger partial charge in [-0.2, -0.15) is 0 Å². The maximum absolute atomic E-state index is 11.9. The molecule has 0 radical (unpaired) electrons. The maximum Gasteiger partial charge on any atom is 0.205 e. The lowest BCUT2D eigenvalue weighted by Gasteiger charge is -2.19. The Morgan fingerprint density at radius 2 is 1.88 bits per heavy atom. The predicted molar refractivity (Wildman–Crippen MR) is 97.7 cm³/mol. The molecule has 1 aromatic carbocycles. The Labute approximate surface area is 143 Å². The van der Waals surface area contributed by atoms with Gasteiger partial charge in [0.15, 0.2) is 9.84 Å². The van der Waals surface area contributed by atoms with E-state index in [0.717, 1.165) is 38.0 Å². The number of hydrogen-bond acceptors (Lipinski definition) is 3. The molecule has 1 aliphatic heterocycles. The van der Waals surface area contributed by atoms with Crippen LogP contribution in [0.2, 0.25) is 0 Å². The molecule has 0 spiro atoms. The molecule has 0 aliphatic carbocycles. The Kier molecular flexibility index (Phi) is 5.13. The van der Waals surface area contributed by atoms with Crippen molar-refractivity contribution in [3.05, 3.63) is 29.9 Å². The Bertz CT molecular complexity index is 877. The van der Waals surface area contributed by atoms with Crippen molar-refractivity contribution in [1.29, 1.82) is 0 Å². The molecule has 6 heteroatoms. The third-order valence-corrected chi connectivity index (χ3v) is 6.65. The molecule has 2 aromatic rings. The van der Waals surface area contributed by atoms with Gasteiger partial charge < -0.3 is 9.13 Å². The number of para-hydroxylation sites is 2. The first kappa shape index (κ1) is 17.3. The molecule has 0 saturated carbocycles. The number of aromatic nitrogens is 2. The van der Waals surface area contributed by atoms with Crippen LogP contribution in [0.5, 0.6) is 0 Å². The van der Waals surface area contributed by atoms with E-state index in [9.17, 15) is 8.42 Å². The summed E-state index contributed by atoms with van der Waals surface area (Å²) in [5.41, 5.74) is 3.38. The lowest BCUT2D eigenvalue weighted by molar-refractivity contribution is 0.483. The molecule has 1 aliphatic rings. The van der Waals surface area contributed by atoms with Gasteiger partial charge >= 0.3 is 0 Å². The van der Waals surface area contributed by atoms with Gasteiger partial charge in [-0.1, -0.05) is 19.1 Å². The predicted octanol–water partition coefficient (Wildman–Crippen LogP) is 2.60. The second-order valence-electron chi connectivity index (χ2n) is 6.65. The van der Waals surface area contributed by atoms with Gasteiger partial charge in [-0.05, 0) is 44.2 Å². The molecular weight excluding hydrogens is 322 g/mol. The van der Waals surface area contributed by atoms with Crippen LogP contribution in [-0.4, -0.2) is 35.6 Å². The van der Waals surface area contributed by atoms with E-state index in [1.807, 2.05) is 0 Å². The molecule has 24 heavy (non-hydrogen) atoms. The minimum absolute atomic E-state index is 0.155. The largest absolute Gasteiger partial charge is 0.310 e. The van der Waals surface area contributed by atoms with Crippen LogP contribution in [0.25, 0.3) is 11.0 Å². The van der Waals surface area contributed by atoms with E-state index in [1.165, 1.54) is 11.0 Å². The Hall–Kier alpha value is -1.56. The highest BCUT2D eigenvalue weighted by Gasteiger charge is 2.24. The zero-order valence-electron chi connectivity index (χ0n) is 14.6. The van der Waals surface area contributed by atoms with Crippen LogP contribution in [0.3, 0.4) is 0 Å². The fourth-order valence-corrected chi connectivity index (χ4v) is 5.44. The Morgan fingerprint density at radius 1 is 1.17 bits per heavy atom. The van der Waals surface area contributed by atoms with Crippen molar-refractivity contribution in [2.45, 2.75) is 46.2 Å². The summed E-state index contributed by atoms with van der Waals surface area (Å²) in [5.74, 6) is 0.785. The topological polar surface area (TPSA) is 56.4 Å². The summed E-state index contributed by atoms with van der Waals surface area (Å²) in [7, 11) is -2.87. The summed E-state index contributed by atoms with van der Waals surface area (Å²) in [5, 5.41) is 0. The van der Waals surface area contributed by atoms with E-state index in [1.54, 1.807) is 0 Å². The Balaban J connectivity index is 2.02. The summed E-state index contributed by atoms with van der Waals surface area (Å²) in [6, 6.07) is 8.39. The zero-order valence-corrected chi connectivity index (χ0v) is 15.4. The van der Waals surface area contributed by atoms with Crippen molar-refractivity contribution in [3.63, 3.8) is 0 Å². The van der Waals surface area contributed by atoms with Gasteiger partial charge in [0, 0.05) is 19.6 Å². The first-order valence-electron chi connectivity index (χ1n) is 8.94. The number of fused-ring (bicyclic) bond motifs is 1. The van der Waals surface area contributed by atoms with Crippen LogP contribution in [-0.2, 0) is 22.9 Å². The average molecular weight is 350 g/mol. The first-order valence-corrected chi connectivity index (χ1v) is 10.8. The lowest BCUT2D eigenvalue weighted by Crippen LogP contribution is -2.30. The molecule has 0 unspecified atom stereocenters. The van der Waals surface area contributed by atoms with Crippen LogP contribution in [0.4, 0.5) is 0 Å². The van der Waals surface area contributed by atoms with E-state index in [0.29, 0.717) is 12.3 Å². The third-order valence-electron chi connectivity index (χ3n) is 4.76. The highest BCUT2D eigenvalue weighted by molar-refractivity contribution is 7.91. The van der Waals surface area contributed by atoms with Crippen molar-refractivity contribution >= 4 is 20.9 Å². The number of imidazole rings is 1.